The Balaban J connectivity index is 1.30. The molecule has 2 aromatic heterocycles. The molecule has 0 N–H and O–H groups in total. The molecule has 4 heterocycles. The molecule has 138 valence electrons. The molecule has 0 aliphatic carbocycles. The highest BCUT2D eigenvalue weighted by atomic mass is 16.5. The highest BCUT2D eigenvalue weighted by molar-refractivity contribution is 5.41. The van der Waals surface area contributed by atoms with E-state index in [1.165, 1.54) is 0 Å². The van der Waals surface area contributed by atoms with Crippen LogP contribution in [0.5, 0.6) is 11.8 Å². The minimum Gasteiger partial charge on any atom is -0.481 e. The number of anilines is 1. The van der Waals surface area contributed by atoms with Crippen LogP contribution in [0.25, 0.3) is 0 Å². The summed E-state index contributed by atoms with van der Waals surface area (Å²) >= 11 is 0. The average molecular weight is 356 g/mol. The second-order valence-corrected chi connectivity index (χ2v) is 7.02. The summed E-state index contributed by atoms with van der Waals surface area (Å²) in [6.45, 7) is 3.31. The van der Waals surface area contributed by atoms with Crippen LogP contribution in [0.3, 0.4) is 0 Å². The predicted molar refractivity (Wildman–Crippen MR) is 96.6 cm³/mol. The summed E-state index contributed by atoms with van der Waals surface area (Å²) in [5.74, 6) is 2.19. The summed E-state index contributed by atoms with van der Waals surface area (Å²) in [5.41, 5.74) is 0.256. The summed E-state index contributed by atoms with van der Waals surface area (Å²) in [5, 5.41) is 0. The van der Waals surface area contributed by atoms with Crippen molar-refractivity contribution in [3.63, 3.8) is 0 Å². The van der Waals surface area contributed by atoms with Crippen molar-refractivity contribution in [2.75, 3.05) is 38.3 Å². The molecule has 26 heavy (non-hydrogen) atoms. The van der Waals surface area contributed by atoms with Crippen LogP contribution in [0.4, 0.5) is 5.82 Å². The van der Waals surface area contributed by atoms with E-state index < -0.39 is 0 Å². The molecule has 2 fully saturated rings. The SMILES string of the molecule is COc1cc(N2CCC3(CC2)COC(COc2ccccn2)C3)ncn1. The molecule has 7 heteroatoms. The summed E-state index contributed by atoms with van der Waals surface area (Å²) in [6.07, 6.45) is 6.68. The van der Waals surface area contributed by atoms with Crippen molar-refractivity contribution in [3.8, 4) is 11.8 Å². The van der Waals surface area contributed by atoms with Gasteiger partial charge >= 0.3 is 0 Å². The predicted octanol–water partition coefficient (Wildman–Crippen LogP) is 2.33. The number of piperidine rings is 1. The highest BCUT2D eigenvalue weighted by Crippen LogP contribution is 2.42. The van der Waals surface area contributed by atoms with Gasteiger partial charge in [0.05, 0.1) is 19.8 Å². The van der Waals surface area contributed by atoms with Crippen LogP contribution in [0, 0.1) is 5.41 Å². The van der Waals surface area contributed by atoms with Crippen molar-refractivity contribution in [1.29, 1.82) is 0 Å². The molecular weight excluding hydrogens is 332 g/mol. The molecule has 0 aromatic carbocycles. The van der Waals surface area contributed by atoms with Crippen molar-refractivity contribution in [3.05, 3.63) is 36.8 Å². The summed E-state index contributed by atoms with van der Waals surface area (Å²) in [4.78, 5) is 15.0. The lowest BCUT2D eigenvalue weighted by molar-refractivity contribution is 0.0565. The van der Waals surface area contributed by atoms with E-state index >= 15 is 0 Å². The van der Waals surface area contributed by atoms with Crippen LogP contribution in [-0.2, 0) is 4.74 Å². The first kappa shape index (κ1) is 17.0. The fraction of sp³-hybridized carbons (Fsp3) is 0.526. The number of rotatable bonds is 5. The van der Waals surface area contributed by atoms with Gasteiger partial charge in [-0.2, -0.15) is 0 Å². The lowest BCUT2D eigenvalue weighted by Crippen LogP contribution is -2.41. The molecule has 1 unspecified atom stereocenters. The molecule has 0 amide bonds. The van der Waals surface area contributed by atoms with Gasteiger partial charge in [-0.05, 0) is 30.7 Å². The largest absolute Gasteiger partial charge is 0.481 e. The first-order valence-electron chi connectivity index (χ1n) is 9.03. The van der Waals surface area contributed by atoms with Crippen molar-refractivity contribution >= 4 is 5.82 Å². The van der Waals surface area contributed by atoms with Gasteiger partial charge in [-0.25, -0.2) is 15.0 Å². The van der Waals surface area contributed by atoms with Gasteiger partial charge in [0.15, 0.2) is 0 Å². The Bertz CT molecular complexity index is 720. The van der Waals surface area contributed by atoms with Gasteiger partial charge < -0.3 is 19.1 Å². The third-order valence-corrected chi connectivity index (χ3v) is 5.33. The Morgan fingerprint density at radius 1 is 1.19 bits per heavy atom. The van der Waals surface area contributed by atoms with Crippen LogP contribution < -0.4 is 14.4 Å². The number of methoxy groups -OCH3 is 1. The molecule has 0 saturated carbocycles. The molecule has 1 spiro atoms. The summed E-state index contributed by atoms with van der Waals surface area (Å²) in [7, 11) is 1.63. The van der Waals surface area contributed by atoms with E-state index in [4.69, 9.17) is 14.2 Å². The third-order valence-electron chi connectivity index (χ3n) is 5.33. The zero-order valence-corrected chi connectivity index (χ0v) is 15.0. The Morgan fingerprint density at radius 2 is 2.08 bits per heavy atom. The highest BCUT2D eigenvalue weighted by Gasteiger charge is 2.42. The van der Waals surface area contributed by atoms with Crippen LogP contribution in [0.2, 0.25) is 0 Å². The zero-order valence-electron chi connectivity index (χ0n) is 15.0. The molecule has 2 aromatic rings. The molecule has 2 aliphatic rings. The first-order chi connectivity index (χ1) is 12.8. The van der Waals surface area contributed by atoms with Crippen LogP contribution >= 0.6 is 0 Å². The quantitative estimate of drug-likeness (QED) is 0.814. The second kappa shape index (κ2) is 7.45. The van der Waals surface area contributed by atoms with Gasteiger partial charge in [-0.15, -0.1) is 0 Å². The lowest BCUT2D eigenvalue weighted by atomic mass is 9.76. The Hall–Kier alpha value is -2.41. The van der Waals surface area contributed by atoms with Gasteiger partial charge in [0.1, 0.15) is 18.8 Å². The first-order valence-corrected chi connectivity index (χ1v) is 9.03. The Morgan fingerprint density at radius 3 is 2.85 bits per heavy atom. The van der Waals surface area contributed by atoms with E-state index in [0.717, 1.165) is 44.8 Å². The molecule has 0 bridgehead atoms. The van der Waals surface area contributed by atoms with E-state index in [-0.39, 0.29) is 11.5 Å². The monoisotopic (exact) mass is 356 g/mol. The molecular formula is C19H24N4O3. The maximum atomic E-state index is 6.03. The molecule has 0 radical (unpaired) electrons. The minimum absolute atomic E-state index is 0.141. The average Bonchev–Trinajstić information content (AvgIpc) is 3.10. The third kappa shape index (κ3) is 3.72. The number of nitrogens with zero attached hydrogens (tertiary/aromatic N) is 4. The van der Waals surface area contributed by atoms with Gasteiger partial charge in [0.2, 0.25) is 11.8 Å². The van der Waals surface area contributed by atoms with Gasteiger partial charge in [0.25, 0.3) is 0 Å². The Kier molecular flexibility index (Phi) is 4.88. The van der Waals surface area contributed by atoms with E-state index in [9.17, 15) is 0 Å². The summed E-state index contributed by atoms with van der Waals surface area (Å²) in [6, 6.07) is 7.58. The van der Waals surface area contributed by atoms with Crippen molar-refractivity contribution in [1.82, 2.24) is 15.0 Å². The number of hydrogen-bond acceptors (Lipinski definition) is 7. The standard InChI is InChI=1S/C19H24N4O3/c1-24-18-10-16(21-14-22-18)23-8-5-19(6-9-23)11-15(26-13-19)12-25-17-4-2-3-7-20-17/h2-4,7,10,14-15H,5-6,8-9,11-13H2,1H3. The maximum Gasteiger partial charge on any atom is 0.218 e. The molecule has 4 rings (SSSR count). The topological polar surface area (TPSA) is 69.6 Å². The van der Waals surface area contributed by atoms with Gasteiger partial charge in [-0.1, -0.05) is 6.07 Å². The van der Waals surface area contributed by atoms with E-state index in [1.807, 2.05) is 24.3 Å². The van der Waals surface area contributed by atoms with Gasteiger partial charge in [0, 0.05) is 31.4 Å². The number of pyridine rings is 1. The minimum atomic E-state index is 0.141. The molecule has 2 aliphatic heterocycles. The number of ether oxygens (including phenoxy) is 3. The van der Waals surface area contributed by atoms with Crippen molar-refractivity contribution in [2.24, 2.45) is 5.41 Å². The van der Waals surface area contributed by atoms with Crippen LogP contribution in [-0.4, -0.2) is 54.5 Å². The van der Waals surface area contributed by atoms with Crippen molar-refractivity contribution in [2.45, 2.75) is 25.4 Å². The maximum absolute atomic E-state index is 6.03. The van der Waals surface area contributed by atoms with E-state index in [2.05, 4.69) is 19.9 Å². The fourth-order valence-electron chi connectivity index (χ4n) is 3.79. The smallest absolute Gasteiger partial charge is 0.218 e. The fourth-order valence-corrected chi connectivity index (χ4v) is 3.79. The van der Waals surface area contributed by atoms with E-state index in [1.54, 1.807) is 19.6 Å². The second-order valence-electron chi connectivity index (χ2n) is 7.02. The molecule has 7 nitrogen and oxygen atoms in total. The van der Waals surface area contributed by atoms with Gasteiger partial charge in [-0.3, -0.25) is 0 Å². The molecule has 1 atom stereocenters. The molecule has 2 saturated heterocycles. The van der Waals surface area contributed by atoms with Crippen LogP contribution in [0.1, 0.15) is 19.3 Å². The normalized spacial score (nSPS) is 21.7. The number of hydrogen-bond donors (Lipinski definition) is 0. The van der Waals surface area contributed by atoms with Crippen LogP contribution in [0.15, 0.2) is 36.8 Å². The van der Waals surface area contributed by atoms with Crippen molar-refractivity contribution < 1.29 is 14.2 Å². The summed E-state index contributed by atoms with van der Waals surface area (Å²) < 4.78 is 17.0. The Labute approximate surface area is 153 Å². The number of aromatic nitrogens is 3. The zero-order chi connectivity index (χ0) is 17.8. The van der Waals surface area contributed by atoms with E-state index in [0.29, 0.717) is 18.4 Å². The lowest BCUT2D eigenvalue weighted by Gasteiger charge is -2.39.